The first-order chi connectivity index (χ1) is 20.7. The Labute approximate surface area is 268 Å². The predicted octanol–water partition coefficient (Wildman–Crippen LogP) is 9.75. The number of rotatable bonds is 8. The Balaban J connectivity index is 0.000000297. The first kappa shape index (κ1) is 29.3. The first-order valence-electron chi connectivity index (χ1n) is 16.3. The van der Waals surface area contributed by atoms with Crippen LogP contribution in [0.15, 0.2) is 58.8 Å². The number of aromatic nitrogens is 2. The largest absolute Gasteiger partial charge is 0.512 e. The number of hydrogen-bond donors (Lipinski definition) is 1. The zero-order chi connectivity index (χ0) is 32.3. The van der Waals surface area contributed by atoms with Crippen molar-refractivity contribution in [1.29, 1.82) is 0 Å². The molecule has 1 aliphatic rings. The topological polar surface area (TPSA) is 76.2 Å². The molecule has 6 heteroatoms. The number of nitrogens with zero attached hydrogens (tertiary/aromatic N) is 2. The maximum absolute atomic E-state index is 11.8. The van der Waals surface area contributed by atoms with Crippen molar-refractivity contribution < 1.29 is 38.5 Å². The van der Waals surface area contributed by atoms with Gasteiger partial charge in [-0.3, -0.25) is 4.79 Å². The molecule has 3 aromatic heterocycles. The van der Waals surface area contributed by atoms with Crippen molar-refractivity contribution in [3.63, 3.8) is 0 Å². The molecule has 1 N–H and O–H groups in total. The Bertz CT molecular complexity index is 1650. The van der Waals surface area contributed by atoms with Crippen LogP contribution in [-0.2, 0) is 31.3 Å². The quantitative estimate of drug-likeness (QED) is 0.110. The van der Waals surface area contributed by atoms with Crippen molar-refractivity contribution in [2.45, 2.75) is 93.3 Å². The maximum atomic E-state index is 11.8. The molecule has 0 bridgehead atoms. The number of carbonyl (C=O) groups excluding carboxylic acids is 1. The van der Waals surface area contributed by atoms with Crippen LogP contribution in [0.1, 0.15) is 95.4 Å². The molecule has 1 aromatic carbocycles. The van der Waals surface area contributed by atoms with E-state index in [1.165, 1.54) is 37.3 Å². The average Bonchev–Trinajstić information content (AvgIpc) is 3.64. The summed E-state index contributed by atoms with van der Waals surface area (Å²) in [6, 6.07) is 14.6. The summed E-state index contributed by atoms with van der Waals surface area (Å²) in [6.45, 7) is 9.39. The molecule has 0 saturated heterocycles. The number of furan rings is 1. The van der Waals surface area contributed by atoms with E-state index >= 15 is 0 Å². The molecule has 1 aliphatic carbocycles. The van der Waals surface area contributed by atoms with Crippen LogP contribution in [0.5, 0.6) is 0 Å². The van der Waals surface area contributed by atoms with Crippen LogP contribution >= 0.6 is 0 Å². The van der Waals surface area contributed by atoms with E-state index in [9.17, 15) is 9.90 Å². The number of benzene rings is 1. The molecular weight excluding hydrogens is 701 g/mol. The monoisotopic (exact) mass is 749 g/mol. The van der Waals surface area contributed by atoms with Gasteiger partial charge in [0.05, 0.1) is 5.58 Å². The van der Waals surface area contributed by atoms with Crippen molar-refractivity contribution in [2.24, 2.45) is 16.7 Å². The number of allylic oxidation sites excluding steroid dienone is 2. The van der Waals surface area contributed by atoms with Gasteiger partial charge in [-0.15, -0.1) is 18.2 Å². The number of carbonyl (C=O) groups is 1. The second-order valence-corrected chi connectivity index (χ2v) is 12.5. The molecule has 1 saturated carbocycles. The number of pyridine rings is 2. The second-order valence-electron chi connectivity index (χ2n) is 12.5. The molecule has 5 rings (SSSR count). The van der Waals surface area contributed by atoms with Crippen molar-refractivity contribution >= 4 is 27.9 Å². The first-order valence-corrected chi connectivity index (χ1v) is 14.8. The van der Waals surface area contributed by atoms with Crippen molar-refractivity contribution in [3.05, 3.63) is 71.8 Å². The third kappa shape index (κ3) is 7.76. The summed E-state index contributed by atoms with van der Waals surface area (Å²) < 4.78 is 28.8. The minimum Gasteiger partial charge on any atom is -0.512 e. The Morgan fingerprint density at radius 2 is 1.81 bits per heavy atom. The van der Waals surface area contributed by atoms with Gasteiger partial charge in [-0.25, -0.2) is 4.98 Å². The number of fused-ring (bicyclic) bond motifs is 3. The van der Waals surface area contributed by atoms with E-state index in [1.807, 2.05) is 59.9 Å². The summed E-state index contributed by atoms with van der Waals surface area (Å²) in [5, 5.41) is 11.5. The van der Waals surface area contributed by atoms with Gasteiger partial charge in [0.25, 0.3) is 0 Å². The minimum atomic E-state index is -2.27. The molecule has 1 fully saturated rings. The zero-order valence-electron chi connectivity index (χ0n) is 28.6. The molecular formula is C36H45IrN2O3-. The molecule has 227 valence electrons. The van der Waals surface area contributed by atoms with Crippen LogP contribution in [0.4, 0.5) is 0 Å². The third-order valence-corrected chi connectivity index (χ3v) is 8.77. The summed E-state index contributed by atoms with van der Waals surface area (Å²) in [7, 11) is 0. The summed E-state index contributed by atoms with van der Waals surface area (Å²) in [4.78, 5) is 20.6. The van der Waals surface area contributed by atoms with Gasteiger partial charge in [-0.1, -0.05) is 89.8 Å². The summed E-state index contributed by atoms with van der Waals surface area (Å²) in [6.07, 6.45) is 11.2. The van der Waals surface area contributed by atoms with Gasteiger partial charge >= 0.3 is 0 Å². The van der Waals surface area contributed by atoms with E-state index in [1.54, 1.807) is 12.1 Å². The number of aryl methyl sites for hydroxylation is 1. The molecule has 4 aromatic rings. The SMILES string of the molecule is CCC(C)(C)C(=O)/C=C(\O)C(C)(C)CC.[2H]C([2H])([2H])c1ccc2c(n1)oc1c(-c3cc(CC4CCCC4)ccn3)[c-]ccc12.[Ir]. The minimum absolute atomic E-state index is 0. The summed E-state index contributed by atoms with van der Waals surface area (Å²) in [5.41, 5.74) is 3.21. The van der Waals surface area contributed by atoms with Crippen LogP contribution in [-0.4, -0.2) is 20.9 Å². The zero-order valence-corrected chi connectivity index (χ0v) is 28.0. The molecule has 3 heterocycles. The van der Waals surface area contributed by atoms with Gasteiger partial charge < -0.3 is 14.5 Å². The summed E-state index contributed by atoms with van der Waals surface area (Å²) >= 11 is 0. The fourth-order valence-electron chi connectivity index (χ4n) is 4.97. The van der Waals surface area contributed by atoms with Gasteiger partial charge in [-0.2, -0.15) is 0 Å². The predicted molar refractivity (Wildman–Crippen MR) is 168 cm³/mol. The standard InChI is InChI=1S/C23H21N2O.C13H24O2.Ir/c1-15-9-10-19-18-7-4-8-20(22(18)26-23(19)25-15)21-14-17(11-12-24-21)13-16-5-2-3-6-16;1-7-12(3,4)10(14)9-11(15)13(5,6)8-2;/h4,7,9-12,14,16H,2-3,5-6,13H2,1H3;9,14H,7-8H2,1-6H3;/q-1;;/b;10-9-;/i1D3;;. The fraction of sp³-hybridized carbons (Fsp3) is 0.472. The van der Waals surface area contributed by atoms with Crippen molar-refractivity contribution in [2.75, 3.05) is 0 Å². The Kier molecular flexibility index (Phi) is 9.82. The van der Waals surface area contributed by atoms with Crippen LogP contribution in [0.2, 0.25) is 0 Å². The number of aliphatic hydroxyl groups excluding tert-OH is 1. The van der Waals surface area contributed by atoms with Crippen LogP contribution in [0.3, 0.4) is 0 Å². The maximum Gasteiger partial charge on any atom is 0.216 e. The average molecular weight is 749 g/mol. The molecule has 0 amide bonds. The molecule has 5 nitrogen and oxygen atoms in total. The molecule has 0 atom stereocenters. The van der Waals surface area contributed by atoms with Gasteiger partial charge in [0.1, 0.15) is 5.76 Å². The normalized spacial score (nSPS) is 15.9. The fourth-order valence-corrected chi connectivity index (χ4v) is 4.97. The van der Waals surface area contributed by atoms with Crippen LogP contribution in [0.25, 0.3) is 33.3 Å². The number of aliphatic hydroxyl groups is 1. The van der Waals surface area contributed by atoms with E-state index in [0.29, 0.717) is 11.3 Å². The molecule has 0 unspecified atom stereocenters. The van der Waals surface area contributed by atoms with Gasteiger partial charge in [0, 0.05) is 58.4 Å². The van der Waals surface area contributed by atoms with Gasteiger partial charge in [0.15, 0.2) is 5.78 Å². The van der Waals surface area contributed by atoms with Crippen LogP contribution in [0, 0.1) is 29.7 Å². The van der Waals surface area contributed by atoms with Gasteiger partial charge in [0.2, 0.25) is 5.71 Å². The van der Waals surface area contributed by atoms with E-state index < -0.39 is 6.85 Å². The molecule has 0 spiro atoms. The van der Waals surface area contributed by atoms with E-state index in [-0.39, 0.29) is 48.2 Å². The second kappa shape index (κ2) is 14.1. The summed E-state index contributed by atoms with van der Waals surface area (Å²) in [5.74, 6) is 0.958. The van der Waals surface area contributed by atoms with E-state index in [0.717, 1.165) is 47.2 Å². The molecule has 1 radical (unpaired) electrons. The Morgan fingerprint density at radius 1 is 1.10 bits per heavy atom. The van der Waals surface area contributed by atoms with Crippen molar-refractivity contribution in [3.8, 4) is 11.3 Å². The van der Waals surface area contributed by atoms with E-state index in [2.05, 4.69) is 28.2 Å². The number of ketones is 1. The smallest absolute Gasteiger partial charge is 0.216 e. The van der Waals surface area contributed by atoms with Gasteiger partial charge in [-0.05, 0) is 55.9 Å². The number of hydrogen-bond acceptors (Lipinski definition) is 5. The Hall–Kier alpha value is -2.82. The van der Waals surface area contributed by atoms with E-state index in [4.69, 9.17) is 8.53 Å². The molecule has 42 heavy (non-hydrogen) atoms. The Morgan fingerprint density at radius 3 is 2.48 bits per heavy atom. The third-order valence-electron chi connectivity index (χ3n) is 8.77. The molecule has 0 aliphatic heterocycles. The van der Waals surface area contributed by atoms with Crippen LogP contribution < -0.4 is 0 Å². The van der Waals surface area contributed by atoms with Crippen molar-refractivity contribution in [1.82, 2.24) is 9.97 Å².